The van der Waals surface area contributed by atoms with Crippen molar-refractivity contribution in [2.45, 2.75) is 32.4 Å². The van der Waals surface area contributed by atoms with Crippen LogP contribution in [0.15, 0.2) is 36.5 Å². The number of nitrogens with one attached hydrogen (secondary N) is 2. The number of benzene rings is 1. The molecule has 0 spiro atoms. The molecule has 0 aliphatic carbocycles. The Hall–Kier alpha value is -2.48. The van der Waals surface area contributed by atoms with Crippen LogP contribution in [0.5, 0.6) is 0 Å². The van der Waals surface area contributed by atoms with Crippen molar-refractivity contribution in [3.05, 3.63) is 42.2 Å². The molecule has 7 heteroatoms. The molecule has 3 aromatic rings. The minimum absolute atomic E-state index is 0.201. The number of amides is 1. The zero-order valence-corrected chi connectivity index (χ0v) is 17.6. The molecule has 2 aromatic heterocycles. The van der Waals surface area contributed by atoms with E-state index in [-0.39, 0.29) is 5.91 Å². The van der Waals surface area contributed by atoms with Crippen LogP contribution in [0.3, 0.4) is 0 Å². The van der Waals surface area contributed by atoms with Gasteiger partial charge in [0.15, 0.2) is 0 Å². The molecule has 1 saturated heterocycles. The second-order valence-corrected chi connectivity index (χ2v) is 7.91. The van der Waals surface area contributed by atoms with E-state index in [4.69, 9.17) is 10.7 Å². The predicted octanol–water partition coefficient (Wildman–Crippen LogP) is 1.84. The molecule has 1 aliphatic heterocycles. The highest BCUT2D eigenvalue weighted by Gasteiger charge is 2.18. The molecule has 0 atom stereocenters. The number of unbranched alkanes of at least 4 members (excludes halogenated alkanes) is 1. The Kier molecular flexibility index (Phi) is 6.94. The number of carbonyl (C=O) groups is 1. The molecule has 4 N–H and O–H groups in total. The average molecular weight is 409 g/mol. The number of pyridine rings is 1. The van der Waals surface area contributed by atoms with Crippen molar-refractivity contribution < 1.29 is 4.79 Å². The molecular formula is C23H32N6O. The van der Waals surface area contributed by atoms with Crippen LogP contribution in [0, 0.1) is 0 Å². The first-order valence-corrected chi connectivity index (χ1v) is 11.0. The van der Waals surface area contributed by atoms with E-state index in [1.807, 2.05) is 11.1 Å². The lowest BCUT2D eigenvalue weighted by molar-refractivity contribution is -0.131. The predicted molar refractivity (Wildman–Crippen MR) is 121 cm³/mol. The average Bonchev–Trinajstić information content (AvgIpc) is 3.10. The Balaban J connectivity index is 1.57. The van der Waals surface area contributed by atoms with Gasteiger partial charge < -0.3 is 25.8 Å². The lowest BCUT2D eigenvalue weighted by Gasteiger charge is -2.27. The van der Waals surface area contributed by atoms with Gasteiger partial charge in [-0.3, -0.25) is 9.78 Å². The SMILES string of the molecule is NCCCCNCc1nccc2c3ccccc3n(CCCN3CCNCC3=O)c12. The Morgan fingerprint density at radius 2 is 2.00 bits per heavy atom. The summed E-state index contributed by atoms with van der Waals surface area (Å²) in [5.74, 6) is 0.201. The van der Waals surface area contributed by atoms with E-state index in [0.29, 0.717) is 6.54 Å². The third-order valence-electron chi connectivity index (χ3n) is 5.85. The number of aromatic nitrogens is 2. The van der Waals surface area contributed by atoms with Crippen LogP contribution >= 0.6 is 0 Å². The maximum atomic E-state index is 12.1. The Labute approximate surface area is 177 Å². The maximum absolute atomic E-state index is 12.1. The van der Waals surface area contributed by atoms with Gasteiger partial charge in [0.1, 0.15) is 0 Å². The molecule has 1 aliphatic rings. The van der Waals surface area contributed by atoms with Gasteiger partial charge in [-0.15, -0.1) is 0 Å². The van der Waals surface area contributed by atoms with Crippen molar-refractivity contribution >= 4 is 27.7 Å². The van der Waals surface area contributed by atoms with Crippen LogP contribution in [0.1, 0.15) is 25.0 Å². The first-order chi connectivity index (χ1) is 14.8. The van der Waals surface area contributed by atoms with E-state index in [0.717, 1.165) is 70.8 Å². The van der Waals surface area contributed by atoms with Crippen molar-refractivity contribution in [2.75, 3.05) is 39.3 Å². The second kappa shape index (κ2) is 10.0. The Morgan fingerprint density at radius 1 is 1.10 bits per heavy atom. The van der Waals surface area contributed by atoms with Crippen LogP contribution in [-0.2, 0) is 17.9 Å². The van der Waals surface area contributed by atoms with E-state index in [1.165, 1.54) is 21.8 Å². The number of piperazine rings is 1. The highest BCUT2D eigenvalue weighted by Crippen LogP contribution is 2.30. The molecule has 3 heterocycles. The first-order valence-electron chi connectivity index (χ1n) is 11.0. The summed E-state index contributed by atoms with van der Waals surface area (Å²) >= 11 is 0. The molecule has 7 nitrogen and oxygen atoms in total. The van der Waals surface area contributed by atoms with Gasteiger partial charge in [0.25, 0.3) is 0 Å². The monoisotopic (exact) mass is 408 g/mol. The van der Waals surface area contributed by atoms with E-state index in [9.17, 15) is 4.79 Å². The Bertz CT molecular complexity index is 998. The van der Waals surface area contributed by atoms with Gasteiger partial charge in [0, 0.05) is 55.2 Å². The van der Waals surface area contributed by atoms with Gasteiger partial charge in [0.2, 0.25) is 5.91 Å². The number of fused-ring (bicyclic) bond motifs is 3. The number of nitrogens with two attached hydrogens (primary N) is 1. The molecule has 0 bridgehead atoms. The van der Waals surface area contributed by atoms with Gasteiger partial charge in [-0.2, -0.15) is 0 Å². The van der Waals surface area contributed by atoms with Gasteiger partial charge in [-0.05, 0) is 44.5 Å². The van der Waals surface area contributed by atoms with Crippen molar-refractivity contribution in [3.8, 4) is 0 Å². The second-order valence-electron chi connectivity index (χ2n) is 7.91. The van der Waals surface area contributed by atoms with Crippen molar-refractivity contribution in [3.63, 3.8) is 0 Å². The van der Waals surface area contributed by atoms with Crippen LogP contribution < -0.4 is 16.4 Å². The summed E-state index contributed by atoms with van der Waals surface area (Å²) < 4.78 is 2.39. The van der Waals surface area contributed by atoms with E-state index in [2.05, 4.69) is 45.5 Å². The van der Waals surface area contributed by atoms with Crippen LogP contribution in [0.2, 0.25) is 0 Å². The smallest absolute Gasteiger partial charge is 0.236 e. The molecule has 4 rings (SSSR count). The minimum atomic E-state index is 0.201. The fourth-order valence-electron chi connectivity index (χ4n) is 4.34. The Morgan fingerprint density at radius 3 is 2.87 bits per heavy atom. The van der Waals surface area contributed by atoms with Crippen molar-refractivity contribution in [1.82, 2.24) is 25.1 Å². The molecule has 160 valence electrons. The molecule has 1 aromatic carbocycles. The molecule has 0 radical (unpaired) electrons. The third-order valence-corrected chi connectivity index (χ3v) is 5.85. The van der Waals surface area contributed by atoms with Crippen LogP contribution in [-0.4, -0.2) is 59.6 Å². The lowest BCUT2D eigenvalue weighted by atomic mass is 10.1. The highest BCUT2D eigenvalue weighted by molar-refractivity contribution is 6.08. The molecule has 0 unspecified atom stereocenters. The summed E-state index contributed by atoms with van der Waals surface area (Å²) in [6, 6.07) is 10.7. The molecule has 30 heavy (non-hydrogen) atoms. The van der Waals surface area contributed by atoms with Crippen LogP contribution in [0.25, 0.3) is 21.8 Å². The number of aryl methyl sites for hydroxylation is 1. The standard InChI is InChI=1S/C23H32N6O/c24-9-3-4-10-25-16-20-23-19(8-11-27-20)18-6-1-2-7-21(18)29(23)14-5-13-28-15-12-26-17-22(28)30/h1-2,6-8,11,25-26H,3-5,9-10,12-17,24H2. The largest absolute Gasteiger partial charge is 0.340 e. The summed E-state index contributed by atoms with van der Waals surface area (Å²) in [6.45, 7) is 6.22. The molecular weight excluding hydrogens is 376 g/mol. The van der Waals surface area contributed by atoms with Gasteiger partial charge in [0.05, 0.1) is 17.8 Å². The number of para-hydroxylation sites is 1. The molecule has 1 amide bonds. The van der Waals surface area contributed by atoms with Crippen LogP contribution in [0.4, 0.5) is 0 Å². The summed E-state index contributed by atoms with van der Waals surface area (Å²) in [6.07, 6.45) is 4.96. The van der Waals surface area contributed by atoms with Gasteiger partial charge in [-0.1, -0.05) is 18.2 Å². The molecule has 0 saturated carbocycles. The summed E-state index contributed by atoms with van der Waals surface area (Å²) in [4.78, 5) is 18.8. The number of hydrogen-bond donors (Lipinski definition) is 3. The van der Waals surface area contributed by atoms with Gasteiger partial charge in [-0.25, -0.2) is 0 Å². The minimum Gasteiger partial charge on any atom is -0.340 e. The van der Waals surface area contributed by atoms with E-state index < -0.39 is 0 Å². The van der Waals surface area contributed by atoms with Crippen molar-refractivity contribution in [1.29, 1.82) is 0 Å². The van der Waals surface area contributed by atoms with Crippen molar-refractivity contribution in [2.24, 2.45) is 5.73 Å². The fourth-order valence-corrected chi connectivity index (χ4v) is 4.34. The van der Waals surface area contributed by atoms with E-state index >= 15 is 0 Å². The summed E-state index contributed by atoms with van der Waals surface area (Å²) in [5.41, 5.74) is 9.11. The lowest BCUT2D eigenvalue weighted by Crippen LogP contribution is -2.48. The first kappa shape index (κ1) is 20.8. The topological polar surface area (TPSA) is 88.2 Å². The molecule has 1 fully saturated rings. The fraction of sp³-hybridized carbons (Fsp3) is 0.478. The number of carbonyl (C=O) groups excluding carboxylic acids is 1. The zero-order valence-electron chi connectivity index (χ0n) is 17.6. The number of rotatable bonds is 10. The summed E-state index contributed by atoms with van der Waals surface area (Å²) in [7, 11) is 0. The third kappa shape index (κ3) is 4.48. The normalized spacial score (nSPS) is 14.8. The summed E-state index contributed by atoms with van der Waals surface area (Å²) in [5, 5.41) is 9.17. The maximum Gasteiger partial charge on any atom is 0.236 e. The number of hydrogen-bond acceptors (Lipinski definition) is 5. The van der Waals surface area contributed by atoms with Gasteiger partial charge >= 0.3 is 0 Å². The number of nitrogens with zero attached hydrogens (tertiary/aromatic N) is 3. The highest BCUT2D eigenvalue weighted by atomic mass is 16.2. The van der Waals surface area contributed by atoms with E-state index in [1.54, 1.807) is 0 Å². The quantitative estimate of drug-likeness (QED) is 0.446. The zero-order chi connectivity index (χ0) is 20.8.